The van der Waals surface area contributed by atoms with Gasteiger partial charge in [-0.2, -0.15) is 0 Å². The van der Waals surface area contributed by atoms with Gasteiger partial charge in [-0.15, -0.1) is 5.10 Å². The first-order valence-corrected chi connectivity index (χ1v) is 6.95. The second-order valence-electron chi connectivity index (χ2n) is 5.27. The van der Waals surface area contributed by atoms with Gasteiger partial charge >= 0.3 is 0 Å². The summed E-state index contributed by atoms with van der Waals surface area (Å²) in [5.74, 6) is 0.732. The number of pyridine rings is 1. The minimum Gasteiger partial charge on any atom is -0.394 e. The number of fused-ring (bicyclic) bond motifs is 1. The highest BCUT2D eigenvalue weighted by atomic mass is 16.3. The maximum Gasteiger partial charge on any atom is 0.172 e. The zero-order valence-electron chi connectivity index (χ0n) is 12.4. The topological polar surface area (TPSA) is 80.0 Å². The summed E-state index contributed by atoms with van der Waals surface area (Å²) in [6, 6.07) is 4.06. The van der Waals surface area contributed by atoms with E-state index in [1.54, 1.807) is 0 Å². The molecule has 2 aromatic rings. The van der Waals surface area contributed by atoms with Crippen LogP contribution in [0.3, 0.4) is 0 Å². The third-order valence-corrected chi connectivity index (χ3v) is 3.72. The zero-order valence-corrected chi connectivity index (χ0v) is 12.4. The van der Waals surface area contributed by atoms with Crippen LogP contribution in [0.25, 0.3) is 5.52 Å². The van der Waals surface area contributed by atoms with Crippen molar-refractivity contribution in [2.45, 2.75) is 13.8 Å². The number of hydrogen-bond acceptors (Lipinski definition) is 4. The second kappa shape index (κ2) is 6.11. The first-order chi connectivity index (χ1) is 9.54. The van der Waals surface area contributed by atoms with Gasteiger partial charge < -0.3 is 21.1 Å². The maximum atomic E-state index is 8.87. The second-order valence-corrected chi connectivity index (χ2v) is 5.27. The summed E-state index contributed by atoms with van der Waals surface area (Å²) >= 11 is 0. The number of aliphatic hydroxyl groups is 1. The van der Waals surface area contributed by atoms with Gasteiger partial charge in [-0.25, -0.2) is 4.52 Å². The Hall–Kier alpha value is -1.79. The molecule has 2 aromatic heterocycles. The van der Waals surface area contributed by atoms with Gasteiger partial charge in [-0.3, -0.25) is 0 Å². The van der Waals surface area contributed by atoms with Crippen molar-refractivity contribution in [1.82, 2.24) is 9.61 Å². The van der Waals surface area contributed by atoms with E-state index in [1.807, 2.05) is 17.5 Å². The largest absolute Gasteiger partial charge is 0.394 e. The highest BCUT2D eigenvalue weighted by molar-refractivity contribution is 5.81. The number of aromatic nitrogens is 2. The Labute approximate surface area is 119 Å². The molecule has 2 rings (SSSR count). The van der Waals surface area contributed by atoms with Crippen molar-refractivity contribution in [1.29, 1.82) is 0 Å². The van der Waals surface area contributed by atoms with Crippen molar-refractivity contribution in [2.24, 2.45) is 0 Å². The molecule has 0 amide bonds. The first kappa shape index (κ1) is 14.6. The molecule has 0 radical (unpaired) electrons. The van der Waals surface area contributed by atoms with Crippen LogP contribution in [0.15, 0.2) is 12.1 Å². The van der Waals surface area contributed by atoms with Gasteiger partial charge in [0.05, 0.1) is 32.3 Å². The molecular weight excluding hydrogens is 254 g/mol. The number of hydrogen-bond donors (Lipinski definition) is 4. The maximum absolute atomic E-state index is 8.87. The fourth-order valence-corrected chi connectivity index (χ4v) is 2.19. The molecule has 1 atom stereocenters. The van der Waals surface area contributed by atoms with Crippen LogP contribution in [0.4, 0.5) is 11.5 Å². The van der Waals surface area contributed by atoms with Crippen molar-refractivity contribution < 1.29 is 10.0 Å². The van der Waals surface area contributed by atoms with E-state index in [1.165, 1.54) is 10.5 Å². The highest BCUT2D eigenvalue weighted by Crippen LogP contribution is 2.24. The van der Waals surface area contributed by atoms with E-state index in [-0.39, 0.29) is 6.61 Å². The number of nitrogens with zero attached hydrogens (tertiary/aromatic N) is 2. The number of anilines is 2. The summed E-state index contributed by atoms with van der Waals surface area (Å²) in [5, 5.41) is 16.7. The lowest BCUT2D eigenvalue weighted by atomic mass is 10.2. The number of aliphatic hydroxyl groups excluding tert-OH is 1. The Morgan fingerprint density at radius 2 is 2.10 bits per heavy atom. The van der Waals surface area contributed by atoms with Crippen LogP contribution in [-0.4, -0.2) is 48.0 Å². The van der Waals surface area contributed by atoms with Crippen LogP contribution < -0.4 is 16.0 Å². The van der Waals surface area contributed by atoms with Crippen LogP contribution in [0.5, 0.6) is 0 Å². The normalized spacial score (nSPS) is 12.8. The van der Waals surface area contributed by atoms with E-state index < -0.39 is 0 Å². The van der Waals surface area contributed by atoms with Gasteiger partial charge in [0.25, 0.3) is 0 Å². The molecule has 5 N–H and O–H groups in total. The number of rotatable bonds is 6. The van der Waals surface area contributed by atoms with Crippen molar-refractivity contribution >= 4 is 17.0 Å². The summed E-state index contributed by atoms with van der Waals surface area (Å²) in [4.78, 5) is 1.27. The number of nitrogens with two attached hydrogens (primary N) is 1. The smallest absolute Gasteiger partial charge is 0.172 e. The lowest BCUT2D eigenvalue weighted by Gasteiger charge is -2.12. The lowest BCUT2D eigenvalue weighted by molar-refractivity contribution is -0.878. The third kappa shape index (κ3) is 2.86. The van der Waals surface area contributed by atoms with E-state index in [0.717, 1.165) is 36.7 Å². The Morgan fingerprint density at radius 1 is 1.35 bits per heavy atom. The number of quaternary nitrogens is 1. The molecule has 20 heavy (non-hydrogen) atoms. The highest BCUT2D eigenvalue weighted by Gasteiger charge is 2.12. The predicted octanol–water partition coefficient (Wildman–Crippen LogP) is -0.548. The molecule has 0 bridgehead atoms. The minimum absolute atomic E-state index is 0.209. The quantitative estimate of drug-likeness (QED) is 0.572. The van der Waals surface area contributed by atoms with Crippen molar-refractivity contribution in [3.8, 4) is 0 Å². The molecule has 6 heteroatoms. The molecule has 2 heterocycles. The number of nitrogens with one attached hydrogen (secondary N) is 2. The van der Waals surface area contributed by atoms with Crippen LogP contribution >= 0.6 is 0 Å². The van der Waals surface area contributed by atoms with Gasteiger partial charge in [0.1, 0.15) is 12.2 Å². The third-order valence-electron chi connectivity index (χ3n) is 3.72. The van der Waals surface area contributed by atoms with Gasteiger partial charge in [0, 0.05) is 5.69 Å². The zero-order chi connectivity index (χ0) is 14.7. The fourth-order valence-electron chi connectivity index (χ4n) is 2.19. The summed E-state index contributed by atoms with van der Waals surface area (Å²) in [6.07, 6.45) is 0. The lowest BCUT2D eigenvalue weighted by Crippen LogP contribution is -3.10. The van der Waals surface area contributed by atoms with Crippen molar-refractivity contribution in [2.75, 3.05) is 44.3 Å². The molecule has 110 valence electrons. The Bertz CT molecular complexity index is 593. The van der Waals surface area contributed by atoms with Gasteiger partial charge in [-0.1, -0.05) is 6.07 Å². The Morgan fingerprint density at radius 3 is 2.80 bits per heavy atom. The molecule has 0 aliphatic rings. The molecule has 0 aromatic carbocycles. The van der Waals surface area contributed by atoms with Crippen LogP contribution in [0, 0.1) is 13.8 Å². The summed E-state index contributed by atoms with van der Waals surface area (Å²) < 4.78 is 1.89. The van der Waals surface area contributed by atoms with Crippen LogP contribution in [-0.2, 0) is 0 Å². The summed E-state index contributed by atoms with van der Waals surface area (Å²) in [7, 11) is 2.05. The van der Waals surface area contributed by atoms with Crippen molar-refractivity contribution in [3.63, 3.8) is 0 Å². The molecule has 0 spiro atoms. The van der Waals surface area contributed by atoms with E-state index in [2.05, 4.69) is 30.5 Å². The Balaban J connectivity index is 2.11. The minimum atomic E-state index is 0.209. The fraction of sp³-hybridized carbons (Fsp3) is 0.500. The summed E-state index contributed by atoms with van der Waals surface area (Å²) in [6.45, 7) is 6.75. The molecule has 6 nitrogen and oxygen atoms in total. The van der Waals surface area contributed by atoms with Gasteiger partial charge in [0.2, 0.25) is 0 Å². The van der Waals surface area contributed by atoms with E-state index in [4.69, 9.17) is 10.8 Å². The van der Waals surface area contributed by atoms with E-state index in [0.29, 0.717) is 5.69 Å². The molecular formula is C14H24N5O+. The standard InChI is InChI=1S/C14H23N5O/c1-10-4-5-12-13(15)14(17-19(12)11(10)2)16-6-7-18(3)8-9-20/h4-5,20H,6-9,15H2,1-3H3,(H,16,17)/p+1. The first-order valence-electron chi connectivity index (χ1n) is 6.95. The average Bonchev–Trinajstić information content (AvgIpc) is 2.72. The van der Waals surface area contributed by atoms with Gasteiger partial charge in [0.15, 0.2) is 5.82 Å². The molecule has 0 saturated carbocycles. The van der Waals surface area contributed by atoms with Gasteiger partial charge in [-0.05, 0) is 25.5 Å². The molecule has 0 aliphatic heterocycles. The summed E-state index contributed by atoms with van der Waals surface area (Å²) in [5.41, 5.74) is 10.1. The van der Waals surface area contributed by atoms with E-state index in [9.17, 15) is 0 Å². The molecule has 0 saturated heterocycles. The number of nitrogen functional groups attached to an aromatic ring is 1. The number of aryl methyl sites for hydroxylation is 2. The SMILES string of the molecule is Cc1ccc2c(N)c(NCC[NH+](C)CCO)nn2c1C. The molecule has 0 aliphatic carbocycles. The average molecular weight is 278 g/mol. The molecule has 0 fully saturated rings. The van der Waals surface area contributed by atoms with Crippen LogP contribution in [0.2, 0.25) is 0 Å². The monoisotopic (exact) mass is 278 g/mol. The predicted molar refractivity (Wildman–Crippen MR) is 81.3 cm³/mol. The number of likely N-dealkylation sites (N-methyl/N-ethyl adjacent to an activating group) is 1. The Kier molecular flexibility index (Phi) is 4.46. The molecule has 1 unspecified atom stereocenters. The van der Waals surface area contributed by atoms with Crippen molar-refractivity contribution in [3.05, 3.63) is 23.4 Å². The van der Waals surface area contributed by atoms with Crippen LogP contribution in [0.1, 0.15) is 11.3 Å². The van der Waals surface area contributed by atoms with E-state index >= 15 is 0 Å².